The number of hydrazone groups is 1. The second kappa shape index (κ2) is 3.73. The van der Waals surface area contributed by atoms with E-state index >= 15 is 0 Å². The van der Waals surface area contributed by atoms with E-state index < -0.39 is 0 Å². The molecule has 1 aromatic carbocycles. The van der Waals surface area contributed by atoms with Crippen LogP contribution in [-0.4, -0.2) is 11.6 Å². The number of benzene rings is 1. The van der Waals surface area contributed by atoms with Gasteiger partial charge in [-0.3, -0.25) is 4.79 Å². The first-order valence-electron chi connectivity index (χ1n) is 4.95. The van der Waals surface area contributed by atoms with E-state index in [0.29, 0.717) is 12.1 Å². The van der Waals surface area contributed by atoms with E-state index in [9.17, 15) is 4.79 Å². The highest BCUT2D eigenvalue weighted by molar-refractivity contribution is 6.12. The minimum absolute atomic E-state index is 0.0246. The lowest BCUT2D eigenvalue weighted by Gasteiger charge is -2.11. The molecule has 4 heteroatoms. The normalized spacial score (nSPS) is 15.7. The van der Waals surface area contributed by atoms with Gasteiger partial charge in [0.1, 0.15) is 0 Å². The summed E-state index contributed by atoms with van der Waals surface area (Å²) < 4.78 is 0. The number of nitrogens with zero attached hydrogens (tertiary/aromatic N) is 2. The zero-order valence-electron chi connectivity index (χ0n) is 8.60. The largest absolute Gasteiger partial charge is 0.399 e. The lowest BCUT2D eigenvalue weighted by molar-refractivity contribution is -0.116. The third-order valence-electron chi connectivity index (χ3n) is 2.38. The van der Waals surface area contributed by atoms with E-state index in [1.807, 2.05) is 6.92 Å². The molecule has 0 saturated carbocycles. The van der Waals surface area contributed by atoms with E-state index in [0.717, 1.165) is 17.8 Å². The molecular formula is C11H13N3O. The number of hydrogen-bond donors (Lipinski definition) is 1. The van der Waals surface area contributed by atoms with Crippen molar-refractivity contribution in [3.05, 3.63) is 24.3 Å². The third kappa shape index (κ3) is 1.83. The lowest BCUT2D eigenvalue weighted by atomic mass is 10.2. The van der Waals surface area contributed by atoms with Crippen LogP contribution < -0.4 is 10.7 Å². The molecule has 0 fully saturated rings. The quantitative estimate of drug-likeness (QED) is 0.745. The van der Waals surface area contributed by atoms with Crippen molar-refractivity contribution in [2.24, 2.45) is 5.10 Å². The molecule has 0 atom stereocenters. The van der Waals surface area contributed by atoms with Crippen LogP contribution in [0.15, 0.2) is 29.4 Å². The summed E-state index contributed by atoms with van der Waals surface area (Å²) in [4.78, 5) is 11.6. The maximum atomic E-state index is 11.6. The van der Waals surface area contributed by atoms with Crippen molar-refractivity contribution in [1.29, 1.82) is 0 Å². The smallest absolute Gasteiger partial charge is 0.253 e. The van der Waals surface area contributed by atoms with Crippen molar-refractivity contribution in [2.75, 3.05) is 10.7 Å². The zero-order valence-corrected chi connectivity index (χ0v) is 8.60. The van der Waals surface area contributed by atoms with Crippen LogP contribution in [0.1, 0.15) is 19.8 Å². The summed E-state index contributed by atoms with van der Waals surface area (Å²) in [6.45, 7) is 2.00. The summed E-state index contributed by atoms with van der Waals surface area (Å²) in [5.41, 5.74) is 7.96. The lowest BCUT2D eigenvalue weighted by Crippen LogP contribution is -2.19. The van der Waals surface area contributed by atoms with Crippen molar-refractivity contribution in [3.63, 3.8) is 0 Å². The van der Waals surface area contributed by atoms with Crippen LogP contribution in [0.3, 0.4) is 0 Å². The van der Waals surface area contributed by atoms with E-state index in [-0.39, 0.29) is 5.91 Å². The maximum Gasteiger partial charge on any atom is 0.253 e. The van der Waals surface area contributed by atoms with Gasteiger partial charge in [-0.1, -0.05) is 6.92 Å². The first-order valence-corrected chi connectivity index (χ1v) is 4.95. The fourth-order valence-electron chi connectivity index (χ4n) is 1.49. The fraction of sp³-hybridized carbons (Fsp3) is 0.273. The van der Waals surface area contributed by atoms with Crippen LogP contribution in [0, 0.1) is 0 Å². The molecule has 15 heavy (non-hydrogen) atoms. The number of rotatable bonds is 2. The molecule has 0 spiro atoms. The number of nitrogens with two attached hydrogens (primary N) is 1. The molecule has 0 radical (unpaired) electrons. The van der Waals surface area contributed by atoms with Gasteiger partial charge in [0.2, 0.25) is 0 Å². The highest BCUT2D eigenvalue weighted by atomic mass is 16.2. The monoisotopic (exact) mass is 203 g/mol. The molecule has 0 unspecified atom stereocenters. The maximum absolute atomic E-state index is 11.6. The molecule has 78 valence electrons. The van der Waals surface area contributed by atoms with Crippen molar-refractivity contribution in [1.82, 2.24) is 0 Å². The Morgan fingerprint density at radius 3 is 2.60 bits per heavy atom. The fourth-order valence-corrected chi connectivity index (χ4v) is 1.49. The van der Waals surface area contributed by atoms with E-state index in [1.54, 1.807) is 24.3 Å². The molecule has 0 aliphatic carbocycles. The van der Waals surface area contributed by atoms with Crippen LogP contribution >= 0.6 is 0 Å². The molecule has 2 rings (SSSR count). The van der Waals surface area contributed by atoms with Gasteiger partial charge in [0, 0.05) is 11.4 Å². The highest BCUT2D eigenvalue weighted by Crippen LogP contribution is 2.22. The van der Waals surface area contributed by atoms with Crippen LogP contribution in [0.25, 0.3) is 0 Å². The average molecular weight is 203 g/mol. The molecule has 0 bridgehead atoms. The molecule has 2 N–H and O–H groups in total. The molecule has 4 nitrogen and oxygen atoms in total. The first-order chi connectivity index (χ1) is 7.20. The Bertz CT molecular complexity index is 408. The second-order valence-electron chi connectivity index (χ2n) is 3.49. The van der Waals surface area contributed by atoms with Crippen molar-refractivity contribution in [3.8, 4) is 0 Å². The molecule has 0 aromatic heterocycles. The zero-order chi connectivity index (χ0) is 10.8. The van der Waals surface area contributed by atoms with E-state index in [4.69, 9.17) is 5.73 Å². The van der Waals surface area contributed by atoms with Gasteiger partial charge in [-0.05, 0) is 30.7 Å². The van der Waals surface area contributed by atoms with E-state index in [1.165, 1.54) is 5.01 Å². The number of hydrogen-bond acceptors (Lipinski definition) is 3. The van der Waals surface area contributed by atoms with Crippen molar-refractivity contribution >= 4 is 23.0 Å². The Morgan fingerprint density at radius 1 is 1.40 bits per heavy atom. The Balaban J connectivity index is 2.28. The summed E-state index contributed by atoms with van der Waals surface area (Å²) in [5, 5.41) is 5.69. The first kappa shape index (κ1) is 9.71. The van der Waals surface area contributed by atoms with E-state index in [2.05, 4.69) is 5.10 Å². The number of anilines is 2. The number of nitrogen functional groups attached to an aromatic ring is 1. The molecule has 1 heterocycles. The van der Waals surface area contributed by atoms with Crippen LogP contribution in [0.2, 0.25) is 0 Å². The van der Waals surface area contributed by atoms with Crippen molar-refractivity contribution in [2.45, 2.75) is 19.8 Å². The predicted octanol–water partition coefficient (Wildman–Crippen LogP) is 1.77. The average Bonchev–Trinajstić information content (AvgIpc) is 2.61. The van der Waals surface area contributed by atoms with Gasteiger partial charge < -0.3 is 5.73 Å². The Morgan fingerprint density at radius 2 is 2.07 bits per heavy atom. The molecular weight excluding hydrogens is 190 g/mol. The standard InChI is InChI=1S/C11H13N3O/c1-2-9-7-11(15)14(13-9)10-5-3-8(12)4-6-10/h3-6H,2,7,12H2,1H3. The van der Waals surface area contributed by atoms with Gasteiger partial charge in [0.15, 0.2) is 0 Å². The summed E-state index contributed by atoms with van der Waals surface area (Å²) in [6.07, 6.45) is 1.25. The van der Waals surface area contributed by atoms with Gasteiger partial charge >= 0.3 is 0 Å². The molecule has 1 aliphatic rings. The summed E-state index contributed by atoms with van der Waals surface area (Å²) >= 11 is 0. The summed E-state index contributed by atoms with van der Waals surface area (Å²) in [5.74, 6) is 0.0246. The number of carbonyl (C=O) groups excluding carboxylic acids is 1. The van der Waals surface area contributed by atoms with Gasteiger partial charge in [0.25, 0.3) is 5.91 Å². The van der Waals surface area contributed by atoms with Gasteiger partial charge in [0.05, 0.1) is 12.1 Å². The van der Waals surface area contributed by atoms with Crippen molar-refractivity contribution < 1.29 is 4.79 Å². The minimum atomic E-state index is 0.0246. The minimum Gasteiger partial charge on any atom is -0.399 e. The number of carbonyl (C=O) groups is 1. The van der Waals surface area contributed by atoms with Gasteiger partial charge in [-0.2, -0.15) is 5.10 Å². The topological polar surface area (TPSA) is 58.7 Å². The van der Waals surface area contributed by atoms with Gasteiger partial charge in [-0.25, -0.2) is 5.01 Å². The molecule has 1 aromatic rings. The Hall–Kier alpha value is -1.84. The summed E-state index contributed by atoms with van der Waals surface area (Å²) in [6, 6.07) is 7.13. The number of amides is 1. The highest BCUT2D eigenvalue weighted by Gasteiger charge is 2.23. The molecule has 1 amide bonds. The molecule has 0 saturated heterocycles. The summed E-state index contributed by atoms with van der Waals surface area (Å²) in [7, 11) is 0. The third-order valence-corrected chi connectivity index (χ3v) is 2.38. The van der Waals surface area contributed by atoms with Gasteiger partial charge in [-0.15, -0.1) is 0 Å². The van der Waals surface area contributed by atoms with Crippen LogP contribution in [0.4, 0.5) is 11.4 Å². The predicted molar refractivity (Wildman–Crippen MR) is 60.7 cm³/mol. The SMILES string of the molecule is CCC1=NN(c2ccc(N)cc2)C(=O)C1. The second-order valence-corrected chi connectivity index (χ2v) is 3.49. The van der Waals surface area contributed by atoms with Crippen LogP contribution in [-0.2, 0) is 4.79 Å². The Labute approximate surface area is 88.4 Å². The molecule has 1 aliphatic heterocycles. The van der Waals surface area contributed by atoms with Crippen LogP contribution in [0.5, 0.6) is 0 Å². The Kier molecular flexibility index (Phi) is 2.41.